The number of carbonyl (C=O) groups is 2. The zero-order valence-electron chi connectivity index (χ0n) is 14.3. The van der Waals surface area contributed by atoms with Gasteiger partial charge in [-0.1, -0.05) is 23.7 Å². The van der Waals surface area contributed by atoms with Gasteiger partial charge < -0.3 is 10.2 Å². The van der Waals surface area contributed by atoms with Crippen LogP contribution >= 0.6 is 11.6 Å². The second kappa shape index (κ2) is 8.97. The summed E-state index contributed by atoms with van der Waals surface area (Å²) < 4.78 is 0. The molecule has 0 aliphatic heterocycles. The number of nitrogens with zero attached hydrogens (tertiary/aromatic N) is 2. The summed E-state index contributed by atoms with van der Waals surface area (Å²) >= 11 is 5.81. The number of amides is 3. The molecule has 2 aromatic rings. The normalized spacial score (nSPS) is 11.4. The van der Waals surface area contributed by atoms with Crippen molar-refractivity contribution in [1.29, 1.82) is 0 Å². The van der Waals surface area contributed by atoms with Crippen LogP contribution in [-0.2, 0) is 11.3 Å². The van der Waals surface area contributed by atoms with Gasteiger partial charge >= 0.3 is 6.03 Å². The second-order valence-electron chi connectivity index (χ2n) is 5.64. The van der Waals surface area contributed by atoms with E-state index in [0.29, 0.717) is 16.3 Å². The van der Waals surface area contributed by atoms with E-state index >= 15 is 0 Å². The maximum atomic E-state index is 12.7. The largest absolute Gasteiger partial charge is 0.322 e. The smallest absolute Gasteiger partial charge is 0.308 e. The van der Waals surface area contributed by atoms with Crippen LogP contribution < -0.4 is 10.8 Å². The van der Waals surface area contributed by atoms with Crippen LogP contribution in [-0.4, -0.2) is 33.0 Å². The first-order chi connectivity index (χ1) is 12.8. The van der Waals surface area contributed by atoms with Crippen molar-refractivity contribution in [2.75, 3.05) is 5.32 Å². The average molecular weight is 393 g/mol. The molecule has 0 spiro atoms. The van der Waals surface area contributed by atoms with E-state index < -0.39 is 22.9 Å². The Hall–Kier alpha value is -3.17. The van der Waals surface area contributed by atoms with Crippen LogP contribution in [0.1, 0.15) is 12.5 Å². The van der Waals surface area contributed by atoms with Crippen LogP contribution in [0.5, 0.6) is 0 Å². The van der Waals surface area contributed by atoms with Crippen molar-refractivity contribution in [1.82, 2.24) is 10.4 Å². The Morgan fingerprint density at radius 2 is 1.78 bits per heavy atom. The first-order valence-corrected chi connectivity index (χ1v) is 8.20. The highest BCUT2D eigenvalue weighted by Crippen LogP contribution is 2.18. The molecule has 9 nitrogen and oxygen atoms in total. The number of benzene rings is 2. The molecule has 1 atom stereocenters. The topological polar surface area (TPSA) is 125 Å². The van der Waals surface area contributed by atoms with E-state index in [9.17, 15) is 19.7 Å². The minimum Gasteiger partial charge on any atom is -0.308 e. The summed E-state index contributed by atoms with van der Waals surface area (Å²) in [4.78, 5) is 35.8. The molecular weight excluding hydrogens is 376 g/mol. The molecule has 142 valence electrons. The van der Waals surface area contributed by atoms with Gasteiger partial charge in [-0.15, -0.1) is 0 Å². The summed E-state index contributed by atoms with van der Waals surface area (Å²) in [6.45, 7) is 1.43. The Kier molecular flexibility index (Phi) is 6.69. The summed E-state index contributed by atoms with van der Waals surface area (Å²) in [5.41, 5.74) is 2.47. The molecule has 10 heteroatoms. The zero-order valence-corrected chi connectivity index (χ0v) is 15.0. The van der Waals surface area contributed by atoms with Crippen LogP contribution in [0.4, 0.5) is 16.2 Å². The quantitative estimate of drug-likeness (QED) is 0.395. The Bertz CT molecular complexity index is 826. The van der Waals surface area contributed by atoms with Gasteiger partial charge in [0.2, 0.25) is 0 Å². The lowest BCUT2D eigenvalue weighted by molar-refractivity contribution is -0.384. The van der Waals surface area contributed by atoms with Crippen molar-refractivity contribution in [3.63, 3.8) is 0 Å². The number of hydrogen-bond donors (Lipinski definition) is 3. The molecular formula is C17H17ClN4O5. The number of anilines is 1. The molecule has 0 aliphatic rings. The van der Waals surface area contributed by atoms with Crippen molar-refractivity contribution >= 4 is 34.9 Å². The van der Waals surface area contributed by atoms with E-state index in [2.05, 4.69) is 5.32 Å². The average Bonchev–Trinajstić information content (AvgIpc) is 2.67. The number of rotatable bonds is 6. The van der Waals surface area contributed by atoms with Crippen LogP contribution in [0, 0.1) is 10.1 Å². The summed E-state index contributed by atoms with van der Waals surface area (Å²) in [7, 11) is 0. The van der Waals surface area contributed by atoms with Crippen LogP contribution in [0.15, 0.2) is 48.5 Å². The van der Waals surface area contributed by atoms with Gasteiger partial charge in [-0.05, 0) is 36.8 Å². The zero-order chi connectivity index (χ0) is 20.0. The van der Waals surface area contributed by atoms with E-state index in [0.717, 1.165) is 0 Å². The van der Waals surface area contributed by atoms with Crippen LogP contribution in [0.2, 0.25) is 5.02 Å². The van der Waals surface area contributed by atoms with Gasteiger partial charge in [0, 0.05) is 29.4 Å². The highest BCUT2D eigenvalue weighted by atomic mass is 35.5. The SMILES string of the molecule is CC(C(=O)NO)N(Cc1ccc([N+](=O)[O-])cc1)C(=O)Nc1ccc(Cl)cc1. The van der Waals surface area contributed by atoms with Crippen molar-refractivity contribution in [2.24, 2.45) is 0 Å². The third-order valence-corrected chi connectivity index (χ3v) is 4.07. The molecule has 0 saturated carbocycles. The monoisotopic (exact) mass is 392 g/mol. The van der Waals surface area contributed by atoms with Gasteiger partial charge in [0.15, 0.2) is 0 Å². The van der Waals surface area contributed by atoms with Gasteiger partial charge in [0.25, 0.3) is 11.6 Å². The Labute approximate surface area is 159 Å². The highest BCUT2D eigenvalue weighted by Gasteiger charge is 2.26. The summed E-state index contributed by atoms with van der Waals surface area (Å²) in [6.07, 6.45) is 0. The molecule has 3 amide bonds. The Morgan fingerprint density at radius 3 is 2.30 bits per heavy atom. The highest BCUT2D eigenvalue weighted by molar-refractivity contribution is 6.30. The van der Waals surface area contributed by atoms with E-state index in [4.69, 9.17) is 16.8 Å². The standard InChI is InChI=1S/C17H17ClN4O5/c1-11(16(23)20-25)21(10-12-2-8-15(9-3-12)22(26)27)17(24)19-14-6-4-13(18)5-7-14/h2-9,11,25H,10H2,1H3,(H,19,24)(H,20,23). The fourth-order valence-electron chi connectivity index (χ4n) is 2.27. The minimum atomic E-state index is -1.00. The number of non-ortho nitro benzene ring substituents is 1. The molecule has 0 bridgehead atoms. The molecule has 0 aliphatic carbocycles. The van der Waals surface area contributed by atoms with E-state index in [1.165, 1.54) is 41.6 Å². The van der Waals surface area contributed by atoms with Gasteiger partial charge in [-0.2, -0.15) is 0 Å². The van der Waals surface area contributed by atoms with Crippen molar-refractivity contribution < 1.29 is 19.7 Å². The lowest BCUT2D eigenvalue weighted by Gasteiger charge is -2.28. The van der Waals surface area contributed by atoms with E-state index in [-0.39, 0.29) is 12.2 Å². The fourth-order valence-corrected chi connectivity index (χ4v) is 2.39. The second-order valence-corrected chi connectivity index (χ2v) is 6.08. The third-order valence-electron chi connectivity index (χ3n) is 3.81. The molecule has 0 saturated heterocycles. The Morgan fingerprint density at radius 1 is 1.19 bits per heavy atom. The van der Waals surface area contributed by atoms with Gasteiger partial charge in [-0.3, -0.25) is 20.1 Å². The molecule has 0 fully saturated rings. The number of nitro benzene ring substituents is 1. The maximum Gasteiger partial charge on any atom is 0.322 e. The third kappa shape index (κ3) is 5.40. The molecule has 27 heavy (non-hydrogen) atoms. The van der Waals surface area contributed by atoms with Gasteiger partial charge in [-0.25, -0.2) is 10.3 Å². The summed E-state index contributed by atoms with van der Waals surface area (Å²) in [5.74, 6) is -0.775. The van der Waals surface area contributed by atoms with E-state index in [1.807, 2.05) is 0 Å². The number of urea groups is 1. The van der Waals surface area contributed by atoms with Gasteiger partial charge in [0.05, 0.1) is 4.92 Å². The molecule has 3 N–H and O–H groups in total. The number of hydrogen-bond acceptors (Lipinski definition) is 5. The molecule has 0 aromatic heterocycles. The summed E-state index contributed by atoms with van der Waals surface area (Å²) in [6, 6.07) is 10.4. The van der Waals surface area contributed by atoms with Crippen LogP contribution in [0.3, 0.4) is 0 Å². The molecule has 0 radical (unpaired) electrons. The minimum absolute atomic E-state index is 0.00793. The van der Waals surface area contributed by atoms with Crippen molar-refractivity contribution in [3.05, 3.63) is 69.2 Å². The number of nitrogens with one attached hydrogen (secondary N) is 2. The molecule has 2 rings (SSSR count). The number of hydroxylamine groups is 1. The Balaban J connectivity index is 2.21. The van der Waals surface area contributed by atoms with Crippen molar-refractivity contribution in [2.45, 2.75) is 19.5 Å². The van der Waals surface area contributed by atoms with E-state index in [1.54, 1.807) is 24.3 Å². The predicted molar refractivity (Wildman–Crippen MR) is 98.5 cm³/mol. The molecule has 0 heterocycles. The number of halogens is 1. The first-order valence-electron chi connectivity index (χ1n) is 7.82. The fraction of sp³-hybridized carbons (Fsp3) is 0.176. The lowest BCUT2D eigenvalue weighted by atomic mass is 10.1. The summed E-state index contributed by atoms with van der Waals surface area (Å²) in [5, 5.41) is 22.8. The maximum absolute atomic E-state index is 12.7. The lowest BCUT2D eigenvalue weighted by Crippen LogP contribution is -2.48. The number of carbonyl (C=O) groups excluding carboxylic acids is 2. The molecule has 1 unspecified atom stereocenters. The van der Waals surface area contributed by atoms with Crippen LogP contribution in [0.25, 0.3) is 0 Å². The number of nitro groups is 1. The first kappa shape index (κ1) is 20.1. The molecule has 2 aromatic carbocycles. The van der Waals surface area contributed by atoms with Crippen molar-refractivity contribution in [3.8, 4) is 0 Å². The van der Waals surface area contributed by atoms with Gasteiger partial charge in [0.1, 0.15) is 6.04 Å². The predicted octanol–water partition coefficient (Wildman–Crippen LogP) is 3.18.